The van der Waals surface area contributed by atoms with E-state index in [0.29, 0.717) is 37.4 Å². The zero-order chi connectivity index (χ0) is 27.3. The Morgan fingerprint density at radius 3 is 2.74 bits per heavy atom. The molecule has 2 bridgehead atoms. The van der Waals surface area contributed by atoms with Crippen molar-refractivity contribution in [1.82, 2.24) is 10.2 Å². The lowest BCUT2D eigenvalue weighted by atomic mass is 9.48. The minimum absolute atomic E-state index is 0.0288. The zero-order valence-corrected chi connectivity index (χ0v) is 21.8. The number of alkyl halides is 3. The highest BCUT2D eigenvalue weighted by atomic mass is 19.4. The van der Waals surface area contributed by atoms with Gasteiger partial charge >= 0.3 is 6.18 Å². The van der Waals surface area contributed by atoms with Gasteiger partial charge in [0.2, 0.25) is 5.91 Å². The summed E-state index contributed by atoms with van der Waals surface area (Å²) >= 11 is 0. The van der Waals surface area contributed by atoms with E-state index in [0.717, 1.165) is 36.3 Å². The number of benzene rings is 2. The average molecular weight is 543 g/mol. The van der Waals surface area contributed by atoms with E-state index in [1.807, 2.05) is 6.07 Å². The molecule has 208 valence electrons. The number of nitrogens with one attached hydrogen (secondary N) is 1. The summed E-state index contributed by atoms with van der Waals surface area (Å²) in [7, 11) is 0. The smallest absolute Gasteiger partial charge is 0.416 e. The second-order valence-corrected chi connectivity index (χ2v) is 12.3. The van der Waals surface area contributed by atoms with Gasteiger partial charge in [-0.05, 0) is 81.2 Å². The lowest BCUT2D eigenvalue weighted by Gasteiger charge is -2.64. The third-order valence-electron chi connectivity index (χ3n) is 10.2. The van der Waals surface area contributed by atoms with E-state index in [-0.39, 0.29) is 23.3 Å². The predicted molar refractivity (Wildman–Crippen MR) is 137 cm³/mol. The number of amides is 1. The third kappa shape index (κ3) is 3.58. The first-order valence-electron chi connectivity index (χ1n) is 14.0. The predicted octanol–water partition coefficient (Wildman–Crippen LogP) is 4.26. The molecule has 39 heavy (non-hydrogen) atoms. The number of carbonyl (C=O) groups is 1. The van der Waals surface area contributed by atoms with Gasteiger partial charge in [0.25, 0.3) is 0 Å². The van der Waals surface area contributed by atoms with Gasteiger partial charge in [-0.25, -0.2) is 0 Å². The number of phenolic OH excluding ortho intramolecular Hbond substituents is 1. The standard InChI is InChI=1S/C30H33F3N2O4/c1-16(18-3-2-4-20(13-18)30(31,32)33)27(37)34-21-9-10-29(38)23-14-19-7-8-22(36)25-24(19)28(29,26(21)39-25)11-12-35(23)15-17-5-6-17/h2-4,7-8,13,16-17,21,23,26,36,38H,5-6,9-12,14-15H2,1H3,(H,34,37)/t16?,21?,23-,26?,28+,29-/m1/s1. The molecular formula is C30H33F3N2O4. The van der Waals surface area contributed by atoms with Crippen LogP contribution in [-0.2, 0) is 22.8 Å². The quantitative estimate of drug-likeness (QED) is 0.526. The van der Waals surface area contributed by atoms with Crippen LogP contribution in [0.1, 0.15) is 67.2 Å². The van der Waals surface area contributed by atoms with Gasteiger partial charge in [-0.15, -0.1) is 0 Å². The topological polar surface area (TPSA) is 82.0 Å². The van der Waals surface area contributed by atoms with Crippen molar-refractivity contribution in [2.45, 2.75) is 86.7 Å². The Labute approximate surface area is 225 Å². The molecule has 9 heteroatoms. The molecule has 6 nitrogen and oxygen atoms in total. The van der Waals surface area contributed by atoms with Crippen LogP contribution in [0.5, 0.6) is 11.5 Å². The Balaban J connectivity index is 1.21. The minimum atomic E-state index is -4.49. The van der Waals surface area contributed by atoms with Crippen molar-refractivity contribution < 1.29 is 32.9 Å². The fourth-order valence-electron chi connectivity index (χ4n) is 8.07. The van der Waals surface area contributed by atoms with Gasteiger partial charge < -0.3 is 20.3 Å². The van der Waals surface area contributed by atoms with Crippen molar-refractivity contribution in [2.75, 3.05) is 13.1 Å². The highest BCUT2D eigenvalue weighted by Gasteiger charge is 2.73. The van der Waals surface area contributed by atoms with Crippen LogP contribution in [0.15, 0.2) is 36.4 Å². The zero-order valence-electron chi connectivity index (χ0n) is 21.8. The van der Waals surface area contributed by atoms with Crippen LogP contribution in [0.4, 0.5) is 13.2 Å². The molecule has 3 fully saturated rings. The summed E-state index contributed by atoms with van der Waals surface area (Å²) in [6, 6.07) is 7.93. The van der Waals surface area contributed by atoms with Crippen molar-refractivity contribution in [1.29, 1.82) is 0 Å². The molecule has 5 aliphatic rings. The molecule has 3 N–H and O–H groups in total. The lowest BCUT2D eigenvalue weighted by molar-refractivity contribution is -0.192. The van der Waals surface area contributed by atoms with Crippen molar-refractivity contribution in [3.05, 3.63) is 58.7 Å². The number of piperidine rings is 1. The molecule has 3 unspecified atom stereocenters. The molecule has 6 atom stereocenters. The van der Waals surface area contributed by atoms with Crippen LogP contribution in [-0.4, -0.2) is 57.9 Å². The molecule has 2 aromatic carbocycles. The number of phenols is 1. The van der Waals surface area contributed by atoms with E-state index in [1.54, 1.807) is 13.0 Å². The van der Waals surface area contributed by atoms with Gasteiger partial charge in [-0.1, -0.05) is 24.3 Å². The maximum absolute atomic E-state index is 13.4. The number of halogens is 3. The maximum Gasteiger partial charge on any atom is 0.416 e. The van der Waals surface area contributed by atoms with E-state index in [9.17, 15) is 28.2 Å². The summed E-state index contributed by atoms with van der Waals surface area (Å²) in [5, 5.41) is 26.4. The summed E-state index contributed by atoms with van der Waals surface area (Å²) in [5.74, 6) is -0.0807. The van der Waals surface area contributed by atoms with Gasteiger partial charge in [-0.2, -0.15) is 13.2 Å². The number of hydrogen-bond acceptors (Lipinski definition) is 5. The van der Waals surface area contributed by atoms with Crippen LogP contribution in [0.2, 0.25) is 0 Å². The average Bonchev–Trinajstić information content (AvgIpc) is 3.64. The molecule has 7 rings (SSSR count). The molecule has 2 aromatic rings. The van der Waals surface area contributed by atoms with Gasteiger partial charge in [0.15, 0.2) is 11.5 Å². The fraction of sp³-hybridized carbons (Fsp3) is 0.567. The molecule has 3 aliphatic carbocycles. The van der Waals surface area contributed by atoms with E-state index in [2.05, 4.69) is 10.2 Å². The van der Waals surface area contributed by atoms with E-state index in [1.165, 1.54) is 25.0 Å². The maximum atomic E-state index is 13.4. The monoisotopic (exact) mass is 542 g/mol. The van der Waals surface area contributed by atoms with Gasteiger partial charge in [-0.3, -0.25) is 9.69 Å². The van der Waals surface area contributed by atoms with Crippen LogP contribution in [0.3, 0.4) is 0 Å². The number of nitrogens with zero attached hydrogens (tertiary/aromatic N) is 1. The Bertz CT molecular complexity index is 1340. The first kappa shape index (κ1) is 25.2. The molecule has 0 aromatic heterocycles. The number of carbonyl (C=O) groups excluding carboxylic acids is 1. The van der Waals surface area contributed by atoms with E-state index < -0.39 is 40.8 Å². The molecule has 1 saturated heterocycles. The molecule has 1 spiro atoms. The molecule has 0 radical (unpaired) electrons. The summed E-state index contributed by atoms with van der Waals surface area (Å²) in [4.78, 5) is 15.9. The molecule has 2 heterocycles. The van der Waals surface area contributed by atoms with Crippen molar-refractivity contribution >= 4 is 5.91 Å². The summed E-state index contributed by atoms with van der Waals surface area (Å²) in [6.45, 7) is 3.38. The van der Waals surface area contributed by atoms with Crippen molar-refractivity contribution in [3.63, 3.8) is 0 Å². The largest absolute Gasteiger partial charge is 0.504 e. The third-order valence-corrected chi connectivity index (χ3v) is 10.2. The second kappa shape index (κ2) is 8.36. The van der Waals surface area contributed by atoms with E-state index >= 15 is 0 Å². The van der Waals surface area contributed by atoms with Gasteiger partial charge in [0.1, 0.15) is 6.10 Å². The summed E-state index contributed by atoms with van der Waals surface area (Å²) in [5.41, 5.74) is -0.383. The lowest BCUT2D eigenvalue weighted by Crippen LogP contribution is -2.78. The Hall–Kier alpha value is -2.78. The van der Waals surface area contributed by atoms with Crippen LogP contribution >= 0.6 is 0 Å². The number of aliphatic hydroxyl groups is 1. The Kier molecular flexibility index (Phi) is 5.41. The Morgan fingerprint density at radius 1 is 1.21 bits per heavy atom. The highest BCUT2D eigenvalue weighted by Crippen LogP contribution is 2.65. The minimum Gasteiger partial charge on any atom is -0.504 e. The Morgan fingerprint density at radius 2 is 2.00 bits per heavy atom. The van der Waals surface area contributed by atoms with Crippen LogP contribution in [0.25, 0.3) is 0 Å². The number of ether oxygens (including phenoxy) is 1. The summed E-state index contributed by atoms with van der Waals surface area (Å²) < 4.78 is 46.3. The molecule has 2 aliphatic heterocycles. The van der Waals surface area contributed by atoms with E-state index in [4.69, 9.17) is 4.74 Å². The van der Waals surface area contributed by atoms with Crippen molar-refractivity contribution in [2.24, 2.45) is 5.92 Å². The normalized spacial score (nSPS) is 33.7. The number of likely N-dealkylation sites (tertiary alicyclic amines) is 1. The number of rotatable bonds is 5. The highest BCUT2D eigenvalue weighted by molar-refractivity contribution is 5.83. The van der Waals surface area contributed by atoms with Gasteiger partial charge in [0, 0.05) is 18.2 Å². The second-order valence-electron chi connectivity index (χ2n) is 12.3. The molecular weight excluding hydrogens is 509 g/mol. The van der Waals surface area contributed by atoms with Crippen molar-refractivity contribution in [3.8, 4) is 11.5 Å². The van der Waals surface area contributed by atoms with Crippen LogP contribution in [0, 0.1) is 5.92 Å². The SMILES string of the molecule is CC(C(=O)NC1CC[C@@]2(O)[C@H]3Cc4ccc(O)c5c4[C@@]2(CCN3CC2CC2)C1O5)c1cccc(C(F)(F)F)c1. The molecule has 2 saturated carbocycles. The summed E-state index contributed by atoms with van der Waals surface area (Å²) in [6.07, 6.45) is -0.339. The number of hydrogen-bond donors (Lipinski definition) is 3. The van der Waals surface area contributed by atoms with Crippen LogP contribution < -0.4 is 10.1 Å². The molecule has 1 amide bonds. The number of aromatic hydroxyl groups is 1. The fourth-order valence-corrected chi connectivity index (χ4v) is 8.07. The first-order chi connectivity index (χ1) is 18.5. The van der Waals surface area contributed by atoms with Gasteiger partial charge in [0.05, 0.1) is 28.5 Å². The first-order valence-corrected chi connectivity index (χ1v) is 14.0.